The predicted molar refractivity (Wildman–Crippen MR) is 85.5 cm³/mol. The zero-order valence-electron chi connectivity index (χ0n) is 13.8. The van der Waals surface area contributed by atoms with Gasteiger partial charge in [-0.2, -0.15) is 5.10 Å². The molecule has 2 aromatic rings. The van der Waals surface area contributed by atoms with E-state index >= 15 is 0 Å². The topological polar surface area (TPSA) is 97.7 Å². The smallest absolute Gasteiger partial charge is 0.271 e. The zero-order valence-corrected chi connectivity index (χ0v) is 13.8. The van der Waals surface area contributed by atoms with Gasteiger partial charge in [-0.05, 0) is 31.7 Å². The van der Waals surface area contributed by atoms with E-state index in [1.807, 2.05) is 6.07 Å². The minimum absolute atomic E-state index is 0.0991. The number of carbonyl (C=O) groups is 1. The van der Waals surface area contributed by atoms with E-state index in [4.69, 9.17) is 4.74 Å². The summed E-state index contributed by atoms with van der Waals surface area (Å²) in [6.07, 6.45) is 4.89. The molecular formula is C16H22N6O2. The van der Waals surface area contributed by atoms with Crippen molar-refractivity contribution in [3.05, 3.63) is 29.1 Å². The molecule has 0 aromatic carbocycles. The van der Waals surface area contributed by atoms with Crippen molar-refractivity contribution in [1.29, 1.82) is 0 Å². The Morgan fingerprint density at radius 2 is 2.25 bits per heavy atom. The molecule has 4 rings (SSSR count). The average Bonchev–Trinajstić information content (AvgIpc) is 3.24. The summed E-state index contributed by atoms with van der Waals surface area (Å²) in [6, 6.07) is 2.01. The number of aryl methyl sites for hydroxylation is 1. The molecule has 1 unspecified atom stereocenters. The minimum Gasteiger partial charge on any atom is -0.377 e. The van der Waals surface area contributed by atoms with E-state index < -0.39 is 0 Å². The number of methoxy groups -OCH3 is 1. The molecule has 0 saturated heterocycles. The molecule has 8 heteroatoms. The van der Waals surface area contributed by atoms with E-state index in [-0.39, 0.29) is 11.9 Å². The van der Waals surface area contributed by atoms with Crippen molar-refractivity contribution in [2.24, 2.45) is 0 Å². The van der Waals surface area contributed by atoms with E-state index in [0.717, 1.165) is 43.1 Å². The molecule has 0 spiro atoms. The number of H-pyrrole nitrogens is 1. The Bertz CT molecular complexity index is 733. The van der Waals surface area contributed by atoms with Crippen LogP contribution in [0.3, 0.4) is 0 Å². The summed E-state index contributed by atoms with van der Waals surface area (Å²) in [7, 11) is 1.65. The third-order valence-corrected chi connectivity index (χ3v) is 4.78. The van der Waals surface area contributed by atoms with Crippen LogP contribution in [0.5, 0.6) is 0 Å². The molecule has 8 nitrogen and oxygen atoms in total. The maximum absolute atomic E-state index is 12.4. The van der Waals surface area contributed by atoms with Crippen molar-refractivity contribution in [2.45, 2.75) is 57.2 Å². The highest BCUT2D eigenvalue weighted by molar-refractivity contribution is 5.92. The Morgan fingerprint density at radius 1 is 1.38 bits per heavy atom. The summed E-state index contributed by atoms with van der Waals surface area (Å²) in [6.45, 7) is 1.25. The SMILES string of the molecule is COCc1nnc2n1CCC(NC(=O)c1cc(C3CC3)[nH]n1)CC2. The van der Waals surface area contributed by atoms with Gasteiger partial charge in [0.25, 0.3) is 5.91 Å². The second kappa shape index (κ2) is 6.35. The van der Waals surface area contributed by atoms with Crippen LogP contribution in [0.25, 0.3) is 0 Å². The minimum atomic E-state index is -0.0991. The van der Waals surface area contributed by atoms with Crippen LogP contribution in [0.15, 0.2) is 6.07 Å². The molecule has 2 N–H and O–H groups in total. The molecule has 1 fully saturated rings. The third kappa shape index (κ3) is 3.06. The highest BCUT2D eigenvalue weighted by Gasteiger charge is 2.27. The molecule has 1 amide bonds. The van der Waals surface area contributed by atoms with Crippen molar-refractivity contribution in [3.8, 4) is 0 Å². The standard InChI is InChI=1S/C16H22N6O2/c1-24-9-15-21-20-14-5-4-11(6-7-22(14)15)17-16(23)13-8-12(18-19-13)10-2-3-10/h8,10-11H,2-7,9H2,1H3,(H,17,23)(H,18,19). The molecule has 128 valence electrons. The number of hydrogen-bond donors (Lipinski definition) is 2. The van der Waals surface area contributed by atoms with Gasteiger partial charge < -0.3 is 14.6 Å². The lowest BCUT2D eigenvalue weighted by Gasteiger charge is -2.15. The van der Waals surface area contributed by atoms with Crippen LogP contribution in [0.2, 0.25) is 0 Å². The molecule has 3 heterocycles. The van der Waals surface area contributed by atoms with Crippen molar-refractivity contribution in [1.82, 2.24) is 30.3 Å². The second-order valence-corrected chi connectivity index (χ2v) is 6.60. The Morgan fingerprint density at radius 3 is 3.04 bits per heavy atom. The van der Waals surface area contributed by atoms with Crippen LogP contribution in [-0.2, 0) is 24.3 Å². The number of nitrogens with zero attached hydrogens (tertiary/aromatic N) is 4. The summed E-state index contributed by atoms with van der Waals surface area (Å²) in [5.74, 6) is 2.29. The molecular weight excluding hydrogens is 308 g/mol. The number of aromatic nitrogens is 5. The van der Waals surface area contributed by atoms with E-state index in [1.54, 1.807) is 7.11 Å². The first kappa shape index (κ1) is 15.3. The van der Waals surface area contributed by atoms with E-state index in [2.05, 4.69) is 30.3 Å². The summed E-state index contributed by atoms with van der Waals surface area (Å²) < 4.78 is 7.27. The van der Waals surface area contributed by atoms with Crippen molar-refractivity contribution >= 4 is 5.91 Å². The van der Waals surface area contributed by atoms with Crippen molar-refractivity contribution in [2.75, 3.05) is 7.11 Å². The summed E-state index contributed by atoms with van der Waals surface area (Å²) in [4.78, 5) is 12.4. The van der Waals surface area contributed by atoms with Crippen LogP contribution < -0.4 is 5.32 Å². The van der Waals surface area contributed by atoms with Gasteiger partial charge in [0.1, 0.15) is 18.1 Å². The summed E-state index contributed by atoms with van der Waals surface area (Å²) in [5, 5.41) is 18.7. The fourth-order valence-corrected chi connectivity index (χ4v) is 3.24. The number of fused-ring (bicyclic) bond motifs is 1. The Hall–Kier alpha value is -2.22. The number of ether oxygens (including phenoxy) is 1. The van der Waals surface area contributed by atoms with Gasteiger partial charge in [0, 0.05) is 37.7 Å². The Kier molecular flexibility index (Phi) is 4.05. The van der Waals surface area contributed by atoms with Gasteiger partial charge in [0.05, 0.1) is 0 Å². The van der Waals surface area contributed by atoms with Gasteiger partial charge in [-0.3, -0.25) is 9.89 Å². The van der Waals surface area contributed by atoms with E-state index in [9.17, 15) is 4.79 Å². The lowest BCUT2D eigenvalue weighted by molar-refractivity contribution is 0.0927. The highest BCUT2D eigenvalue weighted by Crippen LogP contribution is 2.38. The molecule has 24 heavy (non-hydrogen) atoms. The normalized spacial score (nSPS) is 20.5. The van der Waals surface area contributed by atoms with E-state index in [0.29, 0.717) is 18.2 Å². The summed E-state index contributed by atoms with van der Waals surface area (Å²) in [5.41, 5.74) is 1.57. The Labute approximate surface area is 140 Å². The molecule has 0 radical (unpaired) electrons. The maximum Gasteiger partial charge on any atom is 0.271 e. The van der Waals surface area contributed by atoms with Gasteiger partial charge in [-0.15, -0.1) is 10.2 Å². The first-order valence-corrected chi connectivity index (χ1v) is 8.50. The second-order valence-electron chi connectivity index (χ2n) is 6.60. The first-order chi connectivity index (χ1) is 11.7. The number of carbonyl (C=O) groups excluding carboxylic acids is 1. The van der Waals surface area contributed by atoms with Gasteiger partial charge in [0.2, 0.25) is 0 Å². The number of amides is 1. The van der Waals surface area contributed by atoms with Gasteiger partial charge in [-0.25, -0.2) is 0 Å². The van der Waals surface area contributed by atoms with Crippen molar-refractivity contribution < 1.29 is 9.53 Å². The number of rotatable bonds is 5. The van der Waals surface area contributed by atoms with Crippen LogP contribution >= 0.6 is 0 Å². The van der Waals surface area contributed by atoms with Crippen LogP contribution in [-0.4, -0.2) is 44.0 Å². The molecule has 1 saturated carbocycles. The molecule has 2 aliphatic rings. The lowest BCUT2D eigenvalue weighted by Crippen LogP contribution is -2.35. The monoisotopic (exact) mass is 330 g/mol. The zero-order chi connectivity index (χ0) is 16.5. The Balaban J connectivity index is 1.38. The van der Waals surface area contributed by atoms with Crippen LogP contribution in [0.1, 0.15) is 59.4 Å². The highest BCUT2D eigenvalue weighted by atomic mass is 16.5. The van der Waals surface area contributed by atoms with Gasteiger partial charge in [-0.1, -0.05) is 0 Å². The third-order valence-electron chi connectivity index (χ3n) is 4.78. The summed E-state index contributed by atoms with van der Waals surface area (Å²) >= 11 is 0. The quantitative estimate of drug-likeness (QED) is 0.857. The maximum atomic E-state index is 12.4. The number of aromatic amines is 1. The van der Waals surface area contributed by atoms with Crippen LogP contribution in [0, 0.1) is 0 Å². The molecule has 2 aromatic heterocycles. The fourth-order valence-electron chi connectivity index (χ4n) is 3.24. The molecule has 0 bridgehead atoms. The number of hydrogen-bond acceptors (Lipinski definition) is 5. The van der Waals surface area contributed by atoms with Crippen LogP contribution in [0.4, 0.5) is 0 Å². The molecule has 1 atom stereocenters. The largest absolute Gasteiger partial charge is 0.377 e. The lowest BCUT2D eigenvalue weighted by atomic mass is 10.1. The fraction of sp³-hybridized carbons (Fsp3) is 0.625. The molecule has 1 aliphatic carbocycles. The predicted octanol–water partition coefficient (Wildman–Crippen LogP) is 1.16. The first-order valence-electron chi connectivity index (χ1n) is 8.50. The van der Waals surface area contributed by atoms with Crippen molar-refractivity contribution in [3.63, 3.8) is 0 Å². The van der Waals surface area contributed by atoms with Gasteiger partial charge in [0.15, 0.2) is 5.82 Å². The number of nitrogens with one attached hydrogen (secondary N) is 2. The molecule has 1 aliphatic heterocycles. The average molecular weight is 330 g/mol. The van der Waals surface area contributed by atoms with E-state index in [1.165, 1.54) is 12.8 Å². The van der Waals surface area contributed by atoms with Gasteiger partial charge >= 0.3 is 0 Å².